The van der Waals surface area contributed by atoms with Crippen molar-refractivity contribution in [2.45, 2.75) is 44.6 Å². The van der Waals surface area contributed by atoms with Crippen LogP contribution in [0.15, 0.2) is 0 Å². The first-order valence-corrected chi connectivity index (χ1v) is 7.45. The fraction of sp³-hybridized carbons (Fsp3) is 0.929. The summed E-state index contributed by atoms with van der Waals surface area (Å²) in [5.74, 6) is 0.343. The van der Waals surface area contributed by atoms with Crippen molar-refractivity contribution in [1.29, 1.82) is 0 Å². The maximum atomic E-state index is 12.0. The molecular weight excluding hydrogens is 226 g/mol. The molecule has 0 saturated carbocycles. The van der Waals surface area contributed by atoms with Crippen molar-refractivity contribution in [1.82, 2.24) is 15.1 Å². The van der Waals surface area contributed by atoms with Gasteiger partial charge in [-0.05, 0) is 52.2 Å². The molecule has 2 rings (SSSR count). The first-order chi connectivity index (χ1) is 8.75. The molecule has 0 spiro atoms. The molecule has 2 fully saturated rings. The van der Waals surface area contributed by atoms with E-state index in [1.807, 2.05) is 4.90 Å². The monoisotopic (exact) mass is 253 g/mol. The molecule has 2 aliphatic rings. The van der Waals surface area contributed by atoms with E-state index >= 15 is 0 Å². The van der Waals surface area contributed by atoms with Gasteiger partial charge in [0.2, 0.25) is 5.91 Å². The van der Waals surface area contributed by atoms with Crippen LogP contribution in [0.4, 0.5) is 0 Å². The average Bonchev–Trinajstić information content (AvgIpc) is 2.42. The normalized spacial score (nSPS) is 23.3. The highest BCUT2D eigenvalue weighted by atomic mass is 16.2. The van der Waals surface area contributed by atoms with Crippen LogP contribution in [0.2, 0.25) is 0 Å². The van der Waals surface area contributed by atoms with Gasteiger partial charge in [-0.25, -0.2) is 0 Å². The summed E-state index contributed by atoms with van der Waals surface area (Å²) in [6, 6.07) is 0.621. The zero-order chi connectivity index (χ0) is 12.8. The Balaban J connectivity index is 1.58. The smallest absolute Gasteiger partial charge is 0.223 e. The van der Waals surface area contributed by atoms with E-state index < -0.39 is 0 Å². The van der Waals surface area contributed by atoms with E-state index in [-0.39, 0.29) is 0 Å². The minimum Gasteiger partial charge on any atom is -0.343 e. The molecule has 0 radical (unpaired) electrons. The van der Waals surface area contributed by atoms with Crippen LogP contribution in [0.25, 0.3) is 0 Å². The van der Waals surface area contributed by atoms with Gasteiger partial charge in [0.15, 0.2) is 0 Å². The topological polar surface area (TPSA) is 35.6 Å². The van der Waals surface area contributed by atoms with Crippen molar-refractivity contribution < 1.29 is 4.79 Å². The third kappa shape index (κ3) is 4.25. The number of hydrogen-bond donors (Lipinski definition) is 1. The van der Waals surface area contributed by atoms with Crippen molar-refractivity contribution in [2.75, 3.05) is 39.8 Å². The van der Waals surface area contributed by atoms with Crippen LogP contribution in [0.3, 0.4) is 0 Å². The quantitative estimate of drug-likeness (QED) is 0.814. The molecule has 104 valence electrons. The minimum absolute atomic E-state index is 0.343. The van der Waals surface area contributed by atoms with E-state index in [0.717, 1.165) is 19.6 Å². The van der Waals surface area contributed by atoms with Crippen molar-refractivity contribution in [3.63, 3.8) is 0 Å². The molecule has 1 N–H and O–H groups in total. The Hall–Kier alpha value is -0.610. The minimum atomic E-state index is 0.343. The molecular formula is C14H27N3O. The van der Waals surface area contributed by atoms with Gasteiger partial charge in [0.25, 0.3) is 0 Å². The first kappa shape index (κ1) is 13.8. The van der Waals surface area contributed by atoms with Gasteiger partial charge in [0, 0.05) is 32.1 Å². The molecule has 18 heavy (non-hydrogen) atoms. The summed E-state index contributed by atoms with van der Waals surface area (Å²) < 4.78 is 0. The van der Waals surface area contributed by atoms with Crippen LogP contribution in [0.1, 0.15) is 38.5 Å². The Morgan fingerprint density at radius 1 is 1.11 bits per heavy atom. The lowest BCUT2D eigenvalue weighted by atomic mass is 10.1. The van der Waals surface area contributed by atoms with Crippen LogP contribution >= 0.6 is 0 Å². The van der Waals surface area contributed by atoms with Crippen molar-refractivity contribution >= 4 is 5.91 Å². The summed E-state index contributed by atoms with van der Waals surface area (Å²) in [7, 11) is 2.18. The Labute approximate surface area is 111 Å². The van der Waals surface area contributed by atoms with Crippen molar-refractivity contribution in [3.8, 4) is 0 Å². The number of carbonyl (C=O) groups is 1. The predicted octanol–water partition coefficient (Wildman–Crippen LogP) is 1.07. The molecule has 1 amide bonds. The van der Waals surface area contributed by atoms with Crippen LogP contribution < -0.4 is 5.32 Å². The molecule has 2 saturated heterocycles. The lowest BCUT2D eigenvalue weighted by Crippen LogP contribution is -2.42. The summed E-state index contributed by atoms with van der Waals surface area (Å²) in [5.41, 5.74) is 0. The fourth-order valence-electron chi connectivity index (χ4n) is 2.90. The Morgan fingerprint density at radius 2 is 1.78 bits per heavy atom. The molecule has 0 aromatic carbocycles. The van der Waals surface area contributed by atoms with Gasteiger partial charge in [0.05, 0.1) is 0 Å². The second-order valence-corrected chi connectivity index (χ2v) is 5.72. The number of rotatable bonds is 4. The number of nitrogens with one attached hydrogen (secondary N) is 1. The van der Waals surface area contributed by atoms with Gasteiger partial charge >= 0.3 is 0 Å². The molecule has 0 aromatic heterocycles. The number of amides is 1. The predicted molar refractivity (Wildman–Crippen MR) is 73.6 cm³/mol. The third-order valence-corrected chi connectivity index (χ3v) is 4.20. The second-order valence-electron chi connectivity index (χ2n) is 5.72. The highest BCUT2D eigenvalue weighted by Gasteiger charge is 2.18. The molecule has 0 bridgehead atoms. The summed E-state index contributed by atoms with van der Waals surface area (Å²) in [5, 5.41) is 3.54. The Morgan fingerprint density at radius 3 is 2.44 bits per heavy atom. The maximum absolute atomic E-state index is 12.0. The van der Waals surface area contributed by atoms with Crippen LogP contribution in [-0.2, 0) is 4.79 Å². The Bertz CT molecular complexity index is 256. The van der Waals surface area contributed by atoms with E-state index in [1.54, 1.807) is 0 Å². The highest BCUT2D eigenvalue weighted by Crippen LogP contribution is 2.10. The number of nitrogens with zero attached hydrogens (tertiary/aromatic N) is 2. The van der Waals surface area contributed by atoms with Crippen molar-refractivity contribution in [2.24, 2.45) is 0 Å². The van der Waals surface area contributed by atoms with Gasteiger partial charge in [-0.15, -0.1) is 0 Å². The van der Waals surface area contributed by atoms with Gasteiger partial charge in [-0.2, -0.15) is 0 Å². The molecule has 0 aromatic rings. The van der Waals surface area contributed by atoms with Gasteiger partial charge in [0.1, 0.15) is 0 Å². The molecule has 4 nitrogen and oxygen atoms in total. The Kier molecular flexibility index (Phi) is 5.45. The molecule has 0 atom stereocenters. The first-order valence-electron chi connectivity index (χ1n) is 7.45. The zero-order valence-corrected chi connectivity index (χ0v) is 11.7. The van der Waals surface area contributed by atoms with Gasteiger partial charge in [-0.3, -0.25) is 4.79 Å². The lowest BCUT2D eigenvalue weighted by Gasteiger charge is -2.30. The van der Waals surface area contributed by atoms with E-state index in [1.165, 1.54) is 45.2 Å². The van der Waals surface area contributed by atoms with E-state index in [2.05, 4.69) is 17.3 Å². The largest absolute Gasteiger partial charge is 0.343 e. The van der Waals surface area contributed by atoms with E-state index in [4.69, 9.17) is 0 Å². The van der Waals surface area contributed by atoms with Crippen molar-refractivity contribution in [3.05, 3.63) is 0 Å². The number of piperidine rings is 2. The molecule has 0 aliphatic carbocycles. The summed E-state index contributed by atoms with van der Waals surface area (Å²) in [4.78, 5) is 16.4. The van der Waals surface area contributed by atoms with E-state index in [0.29, 0.717) is 18.4 Å². The molecule has 0 unspecified atom stereocenters. The maximum Gasteiger partial charge on any atom is 0.223 e. The highest BCUT2D eigenvalue weighted by molar-refractivity contribution is 5.76. The SMILES string of the molecule is CN1CCC(NCCC(=O)N2CCCCC2)CC1. The molecule has 2 heterocycles. The number of likely N-dealkylation sites (tertiary alicyclic amines) is 2. The zero-order valence-electron chi connectivity index (χ0n) is 11.7. The second kappa shape index (κ2) is 7.10. The average molecular weight is 253 g/mol. The summed E-state index contributed by atoms with van der Waals surface area (Å²) in [6.07, 6.45) is 6.77. The number of carbonyl (C=O) groups excluding carboxylic acids is 1. The van der Waals surface area contributed by atoms with Gasteiger partial charge in [-0.1, -0.05) is 0 Å². The third-order valence-electron chi connectivity index (χ3n) is 4.20. The van der Waals surface area contributed by atoms with Crippen LogP contribution in [0, 0.1) is 0 Å². The summed E-state index contributed by atoms with van der Waals surface area (Å²) in [6.45, 7) is 5.17. The number of hydrogen-bond acceptors (Lipinski definition) is 3. The molecule has 2 aliphatic heterocycles. The fourth-order valence-corrected chi connectivity index (χ4v) is 2.90. The molecule has 4 heteroatoms. The van der Waals surface area contributed by atoms with Crippen LogP contribution in [0.5, 0.6) is 0 Å². The lowest BCUT2D eigenvalue weighted by molar-refractivity contribution is -0.132. The van der Waals surface area contributed by atoms with E-state index in [9.17, 15) is 4.79 Å². The van der Waals surface area contributed by atoms with Gasteiger partial charge < -0.3 is 15.1 Å². The summed E-state index contributed by atoms with van der Waals surface area (Å²) >= 11 is 0. The van der Waals surface area contributed by atoms with Crippen LogP contribution in [-0.4, -0.2) is 61.5 Å². The standard InChI is InChI=1S/C14H27N3O/c1-16-11-6-13(7-12-16)15-8-5-14(18)17-9-3-2-4-10-17/h13,15H,2-12H2,1H3.